The van der Waals surface area contributed by atoms with E-state index in [0.717, 1.165) is 31.5 Å². The summed E-state index contributed by atoms with van der Waals surface area (Å²) in [5.74, 6) is 0.806. The Labute approximate surface area is 112 Å². The zero-order chi connectivity index (χ0) is 12.5. The molecule has 3 rings (SSSR count). The van der Waals surface area contributed by atoms with E-state index in [-0.39, 0.29) is 0 Å². The van der Waals surface area contributed by atoms with E-state index in [4.69, 9.17) is 5.73 Å². The minimum atomic E-state index is 0.769. The first-order valence-corrected chi connectivity index (χ1v) is 6.93. The highest BCUT2D eigenvalue weighted by Crippen LogP contribution is 2.35. The van der Waals surface area contributed by atoms with Crippen LogP contribution in [0.5, 0.6) is 0 Å². The molecule has 0 bridgehead atoms. The second-order valence-corrected chi connectivity index (χ2v) is 5.82. The number of aromatic nitrogens is 3. The number of pyridine rings is 1. The van der Waals surface area contributed by atoms with Crippen molar-refractivity contribution < 1.29 is 0 Å². The summed E-state index contributed by atoms with van der Waals surface area (Å²) in [4.78, 5) is 9.61. The van der Waals surface area contributed by atoms with E-state index < -0.39 is 0 Å². The zero-order valence-corrected chi connectivity index (χ0v) is 11.3. The van der Waals surface area contributed by atoms with Crippen molar-refractivity contribution in [2.24, 2.45) is 0 Å². The lowest BCUT2D eigenvalue weighted by Crippen LogP contribution is -1.88. The predicted octanol–water partition coefficient (Wildman–Crippen LogP) is 3.13. The average Bonchev–Trinajstić information content (AvgIpc) is 2.79. The number of hydrogen-bond donors (Lipinski definition) is 1. The van der Waals surface area contributed by atoms with E-state index in [1.165, 1.54) is 11.5 Å². The summed E-state index contributed by atoms with van der Waals surface area (Å²) in [7, 11) is 0. The Morgan fingerprint density at radius 1 is 1.22 bits per heavy atom. The molecule has 0 unspecified atom stereocenters. The first kappa shape index (κ1) is 11.4. The molecule has 0 aliphatic carbocycles. The first-order chi connectivity index (χ1) is 8.74. The topological polar surface area (TPSA) is 64.7 Å². The molecule has 0 saturated carbocycles. The molecular weight excluding hydrogens is 264 g/mol. The SMILES string of the molecule is Cc1nsc(Sc2ccc(N)c3ccncc23)n1. The number of nitrogens with zero attached hydrogens (tertiary/aromatic N) is 3. The van der Waals surface area contributed by atoms with Gasteiger partial charge in [-0.15, -0.1) is 0 Å². The van der Waals surface area contributed by atoms with Gasteiger partial charge in [0.25, 0.3) is 0 Å². The van der Waals surface area contributed by atoms with E-state index in [1.54, 1.807) is 18.0 Å². The highest BCUT2D eigenvalue weighted by molar-refractivity contribution is 8.01. The van der Waals surface area contributed by atoms with Crippen LogP contribution in [0.4, 0.5) is 5.69 Å². The van der Waals surface area contributed by atoms with Gasteiger partial charge in [0.05, 0.1) is 0 Å². The molecular formula is C12H10N4S2. The number of nitrogens with two attached hydrogens (primary N) is 1. The fourth-order valence-electron chi connectivity index (χ4n) is 1.69. The molecule has 0 fully saturated rings. The molecule has 2 N–H and O–H groups in total. The summed E-state index contributed by atoms with van der Waals surface area (Å²) in [6.45, 7) is 1.89. The third-order valence-electron chi connectivity index (χ3n) is 2.52. The Bertz CT molecular complexity index is 708. The molecule has 6 heteroatoms. The highest BCUT2D eigenvalue weighted by atomic mass is 32.2. The van der Waals surface area contributed by atoms with Crippen LogP contribution in [-0.4, -0.2) is 14.3 Å². The molecule has 2 heterocycles. The van der Waals surface area contributed by atoms with Gasteiger partial charge in [0.1, 0.15) is 5.82 Å². The summed E-state index contributed by atoms with van der Waals surface area (Å²) in [6, 6.07) is 5.85. The first-order valence-electron chi connectivity index (χ1n) is 5.34. The Balaban J connectivity index is 2.09. The Kier molecular flexibility index (Phi) is 2.89. The van der Waals surface area contributed by atoms with Crippen molar-refractivity contribution in [3.05, 3.63) is 36.4 Å². The predicted molar refractivity (Wildman–Crippen MR) is 74.9 cm³/mol. The van der Waals surface area contributed by atoms with E-state index in [1.807, 2.05) is 31.3 Å². The second-order valence-electron chi connectivity index (χ2n) is 3.78. The minimum Gasteiger partial charge on any atom is -0.398 e. The highest BCUT2D eigenvalue weighted by Gasteiger charge is 2.08. The van der Waals surface area contributed by atoms with Crippen LogP contribution in [0.15, 0.2) is 39.8 Å². The molecule has 0 amide bonds. The van der Waals surface area contributed by atoms with E-state index in [0.29, 0.717) is 0 Å². The van der Waals surface area contributed by atoms with Crippen LogP contribution in [0.2, 0.25) is 0 Å². The van der Waals surface area contributed by atoms with Crippen LogP contribution >= 0.6 is 23.3 Å². The van der Waals surface area contributed by atoms with Crippen LogP contribution in [0.25, 0.3) is 10.8 Å². The van der Waals surface area contributed by atoms with Crippen molar-refractivity contribution in [3.63, 3.8) is 0 Å². The number of hydrogen-bond acceptors (Lipinski definition) is 6. The van der Waals surface area contributed by atoms with Crippen LogP contribution in [-0.2, 0) is 0 Å². The van der Waals surface area contributed by atoms with Crippen molar-refractivity contribution in [2.75, 3.05) is 5.73 Å². The number of aryl methyl sites for hydroxylation is 1. The summed E-state index contributed by atoms with van der Waals surface area (Å²) < 4.78 is 5.11. The van der Waals surface area contributed by atoms with Crippen molar-refractivity contribution >= 4 is 39.8 Å². The third-order valence-corrected chi connectivity index (χ3v) is 4.44. The molecule has 0 aliphatic rings. The molecule has 0 atom stereocenters. The van der Waals surface area contributed by atoms with Crippen LogP contribution in [0.3, 0.4) is 0 Å². The number of fused-ring (bicyclic) bond motifs is 1. The molecule has 0 spiro atoms. The number of nitrogen functional groups attached to an aromatic ring is 1. The van der Waals surface area contributed by atoms with E-state index >= 15 is 0 Å². The summed E-state index contributed by atoms with van der Waals surface area (Å²) in [5, 5.41) is 2.08. The Morgan fingerprint density at radius 2 is 2.11 bits per heavy atom. The summed E-state index contributed by atoms with van der Waals surface area (Å²) >= 11 is 3.00. The van der Waals surface area contributed by atoms with Gasteiger partial charge in [0.2, 0.25) is 0 Å². The summed E-state index contributed by atoms with van der Waals surface area (Å²) in [5.41, 5.74) is 6.73. The van der Waals surface area contributed by atoms with Gasteiger partial charge < -0.3 is 5.73 Å². The molecule has 3 aromatic rings. The van der Waals surface area contributed by atoms with Crippen molar-refractivity contribution in [2.45, 2.75) is 16.2 Å². The van der Waals surface area contributed by atoms with Crippen LogP contribution in [0, 0.1) is 6.92 Å². The van der Waals surface area contributed by atoms with Gasteiger partial charge in [-0.05, 0) is 36.7 Å². The number of anilines is 1. The van der Waals surface area contributed by atoms with Crippen LogP contribution in [0.1, 0.15) is 5.82 Å². The monoisotopic (exact) mass is 274 g/mol. The molecule has 1 aromatic carbocycles. The van der Waals surface area contributed by atoms with Crippen molar-refractivity contribution in [3.8, 4) is 0 Å². The molecule has 0 aliphatic heterocycles. The maximum atomic E-state index is 5.96. The molecule has 90 valence electrons. The summed E-state index contributed by atoms with van der Waals surface area (Å²) in [6.07, 6.45) is 3.59. The van der Waals surface area contributed by atoms with E-state index in [9.17, 15) is 0 Å². The van der Waals surface area contributed by atoms with Gasteiger partial charge in [0.15, 0.2) is 4.34 Å². The smallest absolute Gasteiger partial charge is 0.174 e. The second kappa shape index (κ2) is 4.55. The van der Waals surface area contributed by atoms with Gasteiger partial charge in [-0.1, -0.05) is 11.8 Å². The normalized spacial score (nSPS) is 10.9. The fourth-order valence-corrected chi connectivity index (χ4v) is 3.42. The standard InChI is InChI=1S/C12H10N4S2/c1-7-15-12(18-16-7)17-11-3-2-10(13)8-4-5-14-6-9(8)11/h2-6H,13H2,1H3. The van der Waals surface area contributed by atoms with Gasteiger partial charge in [-0.25, -0.2) is 4.98 Å². The van der Waals surface area contributed by atoms with Crippen molar-refractivity contribution in [1.82, 2.24) is 14.3 Å². The lowest BCUT2D eigenvalue weighted by molar-refractivity contribution is 1.10. The number of benzene rings is 1. The van der Waals surface area contributed by atoms with Gasteiger partial charge >= 0.3 is 0 Å². The maximum absolute atomic E-state index is 5.96. The molecule has 0 saturated heterocycles. The third kappa shape index (κ3) is 2.04. The average molecular weight is 274 g/mol. The lowest BCUT2D eigenvalue weighted by Gasteiger charge is -2.06. The Hall–Kier alpha value is -1.66. The van der Waals surface area contributed by atoms with Gasteiger partial charge in [-0.2, -0.15) is 4.37 Å². The van der Waals surface area contributed by atoms with Gasteiger partial charge in [-0.3, -0.25) is 4.98 Å². The minimum absolute atomic E-state index is 0.769. The largest absolute Gasteiger partial charge is 0.398 e. The molecule has 4 nitrogen and oxygen atoms in total. The molecule has 2 aromatic heterocycles. The van der Waals surface area contributed by atoms with E-state index in [2.05, 4.69) is 14.3 Å². The van der Waals surface area contributed by atoms with Crippen molar-refractivity contribution in [1.29, 1.82) is 0 Å². The molecule has 0 radical (unpaired) electrons. The quantitative estimate of drug-likeness (QED) is 0.727. The fraction of sp³-hybridized carbons (Fsp3) is 0.0833. The zero-order valence-electron chi connectivity index (χ0n) is 9.62. The Morgan fingerprint density at radius 3 is 2.89 bits per heavy atom. The molecule has 18 heavy (non-hydrogen) atoms. The maximum Gasteiger partial charge on any atom is 0.174 e. The van der Waals surface area contributed by atoms with Crippen LogP contribution < -0.4 is 5.73 Å². The lowest BCUT2D eigenvalue weighted by atomic mass is 10.1. The number of rotatable bonds is 2. The van der Waals surface area contributed by atoms with Gasteiger partial charge in [0, 0.05) is 33.7 Å².